The molecule has 1 amide bonds. The zero-order valence-corrected chi connectivity index (χ0v) is 19.3. The minimum absolute atomic E-state index is 0.105. The van der Waals surface area contributed by atoms with Gasteiger partial charge in [-0.05, 0) is 38.3 Å². The first-order chi connectivity index (χ1) is 14.7. The number of amidine groups is 1. The van der Waals surface area contributed by atoms with Crippen molar-refractivity contribution in [1.29, 1.82) is 0 Å². The number of ether oxygens (including phenoxy) is 1. The Morgan fingerprint density at radius 2 is 2.00 bits per heavy atom. The van der Waals surface area contributed by atoms with Crippen LogP contribution in [0.15, 0.2) is 39.3 Å². The number of nitrogens with one attached hydrogen (secondary N) is 1. The van der Waals surface area contributed by atoms with Crippen molar-refractivity contribution in [2.24, 2.45) is 10.1 Å². The molecule has 0 unspecified atom stereocenters. The van der Waals surface area contributed by atoms with Crippen molar-refractivity contribution in [3.05, 3.63) is 29.8 Å². The second kappa shape index (κ2) is 14.5. The van der Waals surface area contributed by atoms with Gasteiger partial charge in [0.05, 0.1) is 0 Å². The summed E-state index contributed by atoms with van der Waals surface area (Å²) < 4.78 is 5.01. The Kier molecular flexibility index (Phi) is 11.9. The number of aliphatic hydroxyl groups is 1. The molecule has 1 aromatic carbocycles. The Balaban J connectivity index is 2.09. The largest absolute Gasteiger partial charge is 0.396 e. The van der Waals surface area contributed by atoms with Crippen LogP contribution in [0, 0.1) is 0 Å². The number of rotatable bonds is 13. The highest BCUT2D eigenvalue weighted by Gasteiger charge is 2.23. The van der Waals surface area contributed by atoms with Crippen LogP contribution in [0.25, 0.3) is 0 Å². The minimum atomic E-state index is -0.368. The van der Waals surface area contributed by atoms with Gasteiger partial charge in [-0.1, -0.05) is 29.1 Å². The lowest BCUT2D eigenvalue weighted by Gasteiger charge is -2.11. The van der Waals surface area contributed by atoms with Gasteiger partial charge in [0.25, 0.3) is 5.91 Å². The van der Waals surface area contributed by atoms with Crippen molar-refractivity contribution in [1.82, 2.24) is 5.32 Å². The zero-order valence-electron chi connectivity index (χ0n) is 17.6. The average Bonchev–Trinajstić information content (AvgIpc) is 3.56. The number of hydrogen-bond donors (Lipinski definition) is 2. The summed E-state index contributed by atoms with van der Waals surface area (Å²) in [6.07, 6.45) is 3.85. The van der Waals surface area contributed by atoms with E-state index in [1.807, 2.05) is 43.0 Å². The molecular formula is C21H31N3O4S2. The number of thioether (sulfide) groups is 2. The molecule has 0 spiro atoms. The molecule has 0 aliphatic heterocycles. The van der Waals surface area contributed by atoms with Crippen molar-refractivity contribution >= 4 is 40.3 Å². The fourth-order valence-electron chi connectivity index (χ4n) is 2.33. The molecule has 0 radical (unpaired) electrons. The molecule has 9 heteroatoms. The lowest BCUT2D eigenvalue weighted by Crippen LogP contribution is -2.35. The van der Waals surface area contributed by atoms with E-state index in [1.165, 1.54) is 29.5 Å². The summed E-state index contributed by atoms with van der Waals surface area (Å²) >= 11 is 3.27. The fourth-order valence-corrected chi connectivity index (χ4v) is 4.23. The monoisotopic (exact) mass is 453 g/mol. The van der Waals surface area contributed by atoms with Crippen LogP contribution >= 0.6 is 23.5 Å². The van der Waals surface area contributed by atoms with E-state index in [0.29, 0.717) is 49.1 Å². The molecule has 1 aromatic rings. The normalized spacial score (nSPS) is 14.6. The van der Waals surface area contributed by atoms with Crippen LogP contribution in [0.5, 0.6) is 0 Å². The van der Waals surface area contributed by atoms with Gasteiger partial charge in [-0.15, -0.1) is 11.8 Å². The summed E-state index contributed by atoms with van der Waals surface area (Å²) in [6.45, 7) is 3.49. The lowest BCUT2D eigenvalue weighted by molar-refractivity contribution is -0.113. The van der Waals surface area contributed by atoms with Gasteiger partial charge in [-0.3, -0.25) is 15.1 Å². The third-order valence-electron chi connectivity index (χ3n) is 3.97. The lowest BCUT2D eigenvalue weighted by atomic mass is 10.1. The van der Waals surface area contributed by atoms with Crippen molar-refractivity contribution in [3.8, 4) is 0 Å². The van der Waals surface area contributed by atoms with E-state index in [4.69, 9.17) is 14.7 Å². The van der Waals surface area contributed by atoms with E-state index in [9.17, 15) is 4.79 Å². The van der Waals surface area contributed by atoms with Crippen LogP contribution in [-0.2, 0) is 14.4 Å². The van der Waals surface area contributed by atoms with E-state index in [-0.39, 0.29) is 18.2 Å². The number of amides is 1. The number of hydrogen-bond acceptors (Lipinski definition) is 8. The topological polar surface area (TPSA) is 92.5 Å². The molecule has 1 aliphatic carbocycles. The molecule has 0 heterocycles. The summed E-state index contributed by atoms with van der Waals surface area (Å²) in [5, 5.41) is 17.2. The van der Waals surface area contributed by atoms with Crippen molar-refractivity contribution < 1.29 is 19.5 Å². The Morgan fingerprint density at radius 1 is 1.23 bits per heavy atom. The number of aliphatic hydroxyl groups excluding tert-OH is 1. The minimum Gasteiger partial charge on any atom is -0.396 e. The van der Waals surface area contributed by atoms with Crippen molar-refractivity contribution in [3.63, 3.8) is 0 Å². The highest BCUT2D eigenvalue weighted by atomic mass is 32.2. The number of nitrogens with zero attached hydrogens (tertiary/aromatic N) is 2. The molecule has 166 valence electrons. The van der Waals surface area contributed by atoms with Crippen LogP contribution in [0.4, 0.5) is 0 Å². The molecule has 1 fully saturated rings. The third-order valence-corrected chi connectivity index (χ3v) is 6.32. The van der Waals surface area contributed by atoms with E-state index < -0.39 is 0 Å². The number of benzene rings is 1. The molecule has 0 saturated heterocycles. The van der Waals surface area contributed by atoms with Gasteiger partial charge < -0.3 is 14.7 Å². The number of carbonyl (C=O) groups is 1. The molecular weight excluding hydrogens is 422 g/mol. The van der Waals surface area contributed by atoms with Crippen LogP contribution in [-0.4, -0.2) is 66.4 Å². The summed E-state index contributed by atoms with van der Waals surface area (Å²) in [4.78, 5) is 23.9. The second-order valence-corrected chi connectivity index (χ2v) is 9.08. The van der Waals surface area contributed by atoms with E-state index in [2.05, 4.69) is 15.5 Å². The second-order valence-electron chi connectivity index (χ2n) is 6.62. The Bertz CT molecular complexity index is 707. The summed E-state index contributed by atoms with van der Waals surface area (Å²) in [5.74, 6) is 0.302. The highest BCUT2D eigenvalue weighted by Crippen LogP contribution is 2.39. The van der Waals surface area contributed by atoms with Gasteiger partial charge in [-0.25, -0.2) is 0 Å². The van der Waals surface area contributed by atoms with Crippen LogP contribution < -0.4 is 5.32 Å². The predicted octanol–water partition coefficient (Wildman–Crippen LogP) is 3.31. The van der Waals surface area contributed by atoms with Gasteiger partial charge in [-0.2, -0.15) is 0 Å². The highest BCUT2D eigenvalue weighted by molar-refractivity contribution is 8.13. The average molecular weight is 454 g/mol. The molecule has 0 aromatic heterocycles. The van der Waals surface area contributed by atoms with Gasteiger partial charge >= 0.3 is 0 Å². The Labute approximate surface area is 187 Å². The predicted molar refractivity (Wildman–Crippen MR) is 125 cm³/mol. The van der Waals surface area contributed by atoms with Gasteiger partial charge in [0.15, 0.2) is 10.9 Å². The third kappa shape index (κ3) is 9.51. The quantitative estimate of drug-likeness (QED) is 0.206. The van der Waals surface area contributed by atoms with Crippen LogP contribution in [0.1, 0.15) is 38.2 Å². The Hall–Kier alpha value is -1.55. The maximum atomic E-state index is 13.0. The van der Waals surface area contributed by atoms with Crippen LogP contribution in [0.2, 0.25) is 0 Å². The summed E-state index contributed by atoms with van der Waals surface area (Å²) in [5.41, 5.74) is 0.901. The first-order valence-electron chi connectivity index (χ1n) is 10.2. The fraction of sp³-hybridized carbons (Fsp3) is 0.571. The zero-order chi connectivity index (χ0) is 21.6. The number of methoxy groups -OCH3 is 1. The molecule has 30 heavy (non-hydrogen) atoms. The maximum absolute atomic E-state index is 13.0. The van der Waals surface area contributed by atoms with Gasteiger partial charge in [0, 0.05) is 54.8 Å². The molecule has 0 bridgehead atoms. The smallest absolute Gasteiger partial charge is 0.279 e. The van der Waals surface area contributed by atoms with E-state index >= 15 is 0 Å². The van der Waals surface area contributed by atoms with E-state index in [0.717, 1.165) is 5.25 Å². The summed E-state index contributed by atoms with van der Waals surface area (Å²) in [6, 6.07) is 7.83. The molecule has 0 atom stereocenters. The van der Waals surface area contributed by atoms with Gasteiger partial charge in [0.1, 0.15) is 6.61 Å². The Morgan fingerprint density at radius 3 is 2.63 bits per heavy atom. The van der Waals surface area contributed by atoms with Crippen LogP contribution in [0.3, 0.4) is 0 Å². The SMILES string of the molecule is CCN=C(NC(=O)/C(=N/OCCCOC)c1ccc(SC2CC2)cc1)SCCCO. The molecule has 7 nitrogen and oxygen atoms in total. The first kappa shape index (κ1) is 24.7. The molecule has 2 rings (SSSR count). The number of oxime groups is 1. The van der Waals surface area contributed by atoms with E-state index in [1.54, 1.807) is 7.11 Å². The van der Waals surface area contributed by atoms with Gasteiger partial charge in [0.2, 0.25) is 0 Å². The number of carbonyl (C=O) groups excluding carboxylic acids is 1. The first-order valence-corrected chi connectivity index (χ1v) is 12.1. The molecule has 1 saturated carbocycles. The van der Waals surface area contributed by atoms with Crippen molar-refractivity contribution in [2.45, 2.75) is 42.8 Å². The van der Waals surface area contributed by atoms with Crippen molar-refractivity contribution in [2.75, 3.05) is 39.2 Å². The molecule has 1 aliphatic rings. The standard InChI is InChI=1S/C21H31N3O4S2/c1-3-22-21(29-15-4-12-25)23-20(26)19(24-28-14-5-13-27-2)16-6-8-17(9-7-16)30-18-10-11-18/h6-9,18,25H,3-5,10-15H2,1-2H3,(H,22,23,26)/b24-19+. The molecule has 2 N–H and O–H groups in total. The number of aliphatic imine (C=N–C) groups is 1. The maximum Gasteiger partial charge on any atom is 0.279 e. The summed E-state index contributed by atoms with van der Waals surface area (Å²) in [7, 11) is 1.63.